The molecule has 1 aromatic heterocycles. The topological polar surface area (TPSA) is 47.3 Å². The number of anilines is 1. The monoisotopic (exact) mass is 232 g/mol. The fourth-order valence-electron chi connectivity index (χ4n) is 1.94. The van der Waals surface area contributed by atoms with Gasteiger partial charge in [0.1, 0.15) is 5.75 Å². The third-order valence-electron chi connectivity index (χ3n) is 2.67. The van der Waals surface area contributed by atoms with Crippen molar-refractivity contribution in [2.75, 3.05) is 19.5 Å². The number of aromatic nitrogens is 1. The van der Waals surface area contributed by atoms with E-state index in [0.717, 1.165) is 28.2 Å². The molecule has 1 heterocycles. The summed E-state index contributed by atoms with van der Waals surface area (Å²) in [6.07, 6.45) is 1.71. The molecule has 0 bridgehead atoms. The van der Waals surface area contributed by atoms with Gasteiger partial charge in [-0.3, -0.25) is 0 Å². The second kappa shape index (κ2) is 4.49. The summed E-state index contributed by atoms with van der Waals surface area (Å²) in [5.41, 5.74) is 3.18. The van der Waals surface area contributed by atoms with E-state index in [1.165, 1.54) is 0 Å². The Labute approximate surface area is 101 Å². The maximum Gasteiger partial charge on any atom is 0.294 e. The molecule has 0 fully saturated rings. The van der Waals surface area contributed by atoms with Gasteiger partial charge < -0.3 is 14.5 Å². The summed E-state index contributed by atoms with van der Waals surface area (Å²) in [5.74, 6) is 1.67. The van der Waals surface area contributed by atoms with Crippen molar-refractivity contribution in [3.8, 4) is 17.1 Å². The summed E-state index contributed by atoms with van der Waals surface area (Å²) in [4.78, 5) is 4.10. The molecule has 0 aliphatic heterocycles. The minimum absolute atomic E-state index is 0.520. The van der Waals surface area contributed by atoms with E-state index < -0.39 is 0 Å². The van der Waals surface area contributed by atoms with Gasteiger partial charge in [-0.1, -0.05) is 0 Å². The van der Waals surface area contributed by atoms with Gasteiger partial charge in [-0.15, -0.1) is 0 Å². The molecule has 17 heavy (non-hydrogen) atoms. The maximum atomic E-state index is 5.54. The van der Waals surface area contributed by atoms with Crippen LogP contribution >= 0.6 is 0 Å². The van der Waals surface area contributed by atoms with Crippen LogP contribution in [0.25, 0.3) is 11.3 Å². The molecule has 90 valence electrons. The molecular weight excluding hydrogens is 216 g/mol. The third-order valence-corrected chi connectivity index (χ3v) is 2.67. The van der Waals surface area contributed by atoms with E-state index in [0.29, 0.717) is 6.01 Å². The average molecular weight is 232 g/mol. The Kier molecular flexibility index (Phi) is 3.04. The van der Waals surface area contributed by atoms with Crippen molar-refractivity contribution in [1.29, 1.82) is 0 Å². The zero-order chi connectivity index (χ0) is 12.4. The molecule has 1 N–H and O–H groups in total. The molecule has 0 saturated heterocycles. The summed E-state index contributed by atoms with van der Waals surface area (Å²) < 4.78 is 10.9. The van der Waals surface area contributed by atoms with E-state index in [-0.39, 0.29) is 0 Å². The molecule has 0 spiro atoms. The third kappa shape index (κ3) is 2.11. The van der Waals surface area contributed by atoms with Crippen LogP contribution in [0.4, 0.5) is 6.01 Å². The number of oxazole rings is 1. The van der Waals surface area contributed by atoms with Gasteiger partial charge in [-0.2, -0.15) is 0 Å². The largest absolute Gasteiger partial charge is 0.496 e. The van der Waals surface area contributed by atoms with Crippen LogP contribution in [0.5, 0.6) is 5.75 Å². The van der Waals surface area contributed by atoms with Crippen LogP contribution in [0.3, 0.4) is 0 Å². The Bertz CT molecular complexity index is 509. The van der Waals surface area contributed by atoms with Crippen LogP contribution in [0.15, 0.2) is 22.7 Å². The number of nitrogens with zero attached hydrogens (tertiary/aromatic N) is 1. The van der Waals surface area contributed by atoms with Gasteiger partial charge in [-0.05, 0) is 37.1 Å². The molecule has 1 aromatic carbocycles. The van der Waals surface area contributed by atoms with E-state index in [2.05, 4.69) is 10.3 Å². The lowest BCUT2D eigenvalue weighted by molar-refractivity contribution is 0.408. The number of hydrogen-bond acceptors (Lipinski definition) is 4. The number of nitrogens with one attached hydrogen (secondary N) is 1. The maximum absolute atomic E-state index is 5.54. The number of ether oxygens (including phenoxy) is 1. The van der Waals surface area contributed by atoms with Crippen molar-refractivity contribution >= 4 is 6.01 Å². The fraction of sp³-hybridized carbons (Fsp3) is 0.308. The van der Waals surface area contributed by atoms with Gasteiger partial charge in [0.25, 0.3) is 6.01 Å². The SMILES string of the molecule is CNc1ncc(-c2cc(C)c(OC)c(C)c2)o1. The highest BCUT2D eigenvalue weighted by Crippen LogP contribution is 2.30. The number of rotatable bonds is 3. The van der Waals surface area contributed by atoms with Crippen molar-refractivity contribution in [1.82, 2.24) is 4.98 Å². The molecule has 0 amide bonds. The molecule has 2 aromatic rings. The van der Waals surface area contributed by atoms with E-state index >= 15 is 0 Å². The zero-order valence-electron chi connectivity index (χ0n) is 10.5. The van der Waals surface area contributed by atoms with Crippen LogP contribution in [-0.4, -0.2) is 19.1 Å². The van der Waals surface area contributed by atoms with Crippen LogP contribution in [0, 0.1) is 13.8 Å². The van der Waals surface area contributed by atoms with Crippen molar-refractivity contribution in [3.63, 3.8) is 0 Å². The molecule has 0 saturated carbocycles. The Balaban J connectivity index is 2.46. The van der Waals surface area contributed by atoms with E-state index in [4.69, 9.17) is 9.15 Å². The highest BCUT2D eigenvalue weighted by molar-refractivity contribution is 5.63. The minimum Gasteiger partial charge on any atom is -0.496 e. The summed E-state index contributed by atoms with van der Waals surface area (Å²) in [6.45, 7) is 4.04. The molecule has 0 radical (unpaired) electrons. The molecule has 0 unspecified atom stereocenters. The average Bonchev–Trinajstić information content (AvgIpc) is 2.77. The van der Waals surface area contributed by atoms with E-state index in [9.17, 15) is 0 Å². The van der Waals surface area contributed by atoms with Gasteiger partial charge in [0.05, 0.1) is 13.3 Å². The van der Waals surface area contributed by atoms with Crippen LogP contribution in [0.1, 0.15) is 11.1 Å². The lowest BCUT2D eigenvalue weighted by Crippen LogP contribution is -1.91. The van der Waals surface area contributed by atoms with Crippen molar-refractivity contribution < 1.29 is 9.15 Å². The normalized spacial score (nSPS) is 10.4. The summed E-state index contributed by atoms with van der Waals surface area (Å²) >= 11 is 0. The Morgan fingerprint density at radius 1 is 1.24 bits per heavy atom. The number of methoxy groups -OCH3 is 1. The standard InChI is InChI=1S/C13H16N2O2/c1-8-5-10(6-9(2)12(8)16-4)11-7-15-13(14-3)17-11/h5-7H,1-4H3,(H,14,15). The van der Waals surface area contributed by atoms with Crippen LogP contribution in [-0.2, 0) is 0 Å². The van der Waals surface area contributed by atoms with Crippen molar-refractivity contribution in [2.24, 2.45) is 0 Å². The highest BCUT2D eigenvalue weighted by Gasteiger charge is 2.10. The fourth-order valence-corrected chi connectivity index (χ4v) is 1.94. The molecule has 0 aliphatic rings. The summed E-state index contributed by atoms with van der Waals surface area (Å²) in [5, 5.41) is 2.87. The number of aryl methyl sites for hydroxylation is 2. The molecule has 0 aliphatic carbocycles. The van der Waals surface area contributed by atoms with E-state index in [1.807, 2.05) is 26.0 Å². The van der Waals surface area contributed by atoms with Gasteiger partial charge >= 0.3 is 0 Å². The van der Waals surface area contributed by atoms with Crippen molar-refractivity contribution in [2.45, 2.75) is 13.8 Å². The van der Waals surface area contributed by atoms with Gasteiger partial charge in [0.15, 0.2) is 5.76 Å². The van der Waals surface area contributed by atoms with Crippen molar-refractivity contribution in [3.05, 3.63) is 29.5 Å². The minimum atomic E-state index is 0.520. The molecule has 4 nitrogen and oxygen atoms in total. The summed E-state index contributed by atoms with van der Waals surface area (Å²) in [7, 11) is 3.46. The number of benzene rings is 1. The molecule has 2 rings (SSSR count). The molecular formula is C13H16N2O2. The zero-order valence-corrected chi connectivity index (χ0v) is 10.5. The first-order chi connectivity index (χ1) is 8.15. The lowest BCUT2D eigenvalue weighted by Gasteiger charge is -2.09. The first-order valence-corrected chi connectivity index (χ1v) is 5.45. The van der Waals surface area contributed by atoms with E-state index in [1.54, 1.807) is 20.4 Å². The smallest absolute Gasteiger partial charge is 0.294 e. The Morgan fingerprint density at radius 2 is 1.88 bits per heavy atom. The first kappa shape index (κ1) is 11.5. The quantitative estimate of drug-likeness (QED) is 0.883. The first-order valence-electron chi connectivity index (χ1n) is 5.45. The van der Waals surface area contributed by atoms with Gasteiger partial charge in [0.2, 0.25) is 0 Å². The predicted octanol–water partition coefficient (Wildman–Crippen LogP) is 3.01. The molecule has 0 atom stereocenters. The second-order valence-corrected chi connectivity index (χ2v) is 3.92. The Hall–Kier alpha value is -1.97. The Morgan fingerprint density at radius 3 is 2.35 bits per heavy atom. The van der Waals surface area contributed by atoms with Crippen LogP contribution in [0.2, 0.25) is 0 Å². The predicted molar refractivity (Wildman–Crippen MR) is 67.5 cm³/mol. The molecule has 4 heteroatoms. The van der Waals surface area contributed by atoms with Crippen LogP contribution < -0.4 is 10.1 Å². The highest BCUT2D eigenvalue weighted by atomic mass is 16.5. The van der Waals surface area contributed by atoms with Gasteiger partial charge in [-0.25, -0.2) is 4.98 Å². The number of hydrogen-bond donors (Lipinski definition) is 1. The second-order valence-electron chi connectivity index (χ2n) is 3.92. The van der Waals surface area contributed by atoms with Gasteiger partial charge in [0, 0.05) is 12.6 Å². The summed E-state index contributed by atoms with van der Waals surface area (Å²) in [6, 6.07) is 4.59. The lowest BCUT2D eigenvalue weighted by atomic mass is 10.0.